The van der Waals surface area contributed by atoms with E-state index in [1.54, 1.807) is 0 Å². The van der Waals surface area contributed by atoms with Crippen molar-refractivity contribution in [1.29, 1.82) is 0 Å². The second-order valence-electron chi connectivity index (χ2n) is 7.99. The minimum Gasteiger partial charge on any atom is -0.454 e. The van der Waals surface area contributed by atoms with Crippen LogP contribution in [-0.2, 0) is 0 Å². The van der Waals surface area contributed by atoms with Crippen molar-refractivity contribution in [2.45, 2.75) is 24.3 Å². The second kappa shape index (κ2) is 11.2. The summed E-state index contributed by atoms with van der Waals surface area (Å²) in [7, 11) is 1.47. The molecule has 0 aliphatic rings. The molecule has 0 saturated carbocycles. The molecule has 11 heteroatoms. The van der Waals surface area contributed by atoms with E-state index < -0.39 is 23.4 Å². The van der Waals surface area contributed by atoms with E-state index >= 15 is 0 Å². The molecule has 2 aromatic heterocycles. The zero-order valence-corrected chi connectivity index (χ0v) is 20.9. The molecule has 0 saturated heterocycles. The third kappa shape index (κ3) is 6.31. The minimum absolute atomic E-state index is 0.0194. The molecule has 0 unspecified atom stereocenters. The molecule has 2 aromatic carbocycles. The molecule has 4 aromatic rings. The van der Waals surface area contributed by atoms with Gasteiger partial charge in [-0.15, -0.1) is 0 Å². The summed E-state index contributed by atoms with van der Waals surface area (Å²) < 4.78 is 39.6. The van der Waals surface area contributed by atoms with Gasteiger partial charge in [-0.25, -0.2) is 8.78 Å². The fourth-order valence-corrected chi connectivity index (χ4v) is 3.89. The number of amides is 2. The van der Waals surface area contributed by atoms with Gasteiger partial charge >= 0.3 is 0 Å². The molecule has 8 nitrogen and oxygen atoms in total. The number of pyridine rings is 1. The summed E-state index contributed by atoms with van der Waals surface area (Å²) in [5.41, 5.74) is 0.720. The van der Waals surface area contributed by atoms with Gasteiger partial charge in [0.05, 0.1) is 0 Å². The van der Waals surface area contributed by atoms with E-state index in [0.717, 1.165) is 6.07 Å². The average molecular weight is 525 g/mol. The first-order chi connectivity index (χ1) is 17.7. The Kier molecular flexibility index (Phi) is 7.83. The zero-order chi connectivity index (χ0) is 26.5. The SMILES string of the molecule is CNC(=O)c1cc(Oc2ccc(NC(=O)c3nc(SC(C)C)oc3-c3ccc(F)cc3)cc2F)ccn1. The molecule has 0 radical (unpaired) electrons. The van der Waals surface area contributed by atoms with Crippen molar-refractivity contribution < 1.29 is 27.5 Å². The molecule has 4 rings (SSSR count). The first kappa shape index (κ1) is 25.8. The lowest BCUT2D eigenvalue weighted by atomic mass is 10.1. The Hall–Kier alpha value is -4.25. The Morgan fingerprint density at radius 1 is 1.03 bits per heavy atom. The Morgan fingerprint density at radius 3 is 2.46 bits per heavy atom. The van der Waals surface area contributed by atoms with E-state index in [9.17, 15) is 18.4 Å². The van der Waals surface area contributed by atoms with Crippen molar-refractivity contribution in [3.8, 4) is 22.8 Å². The maximum atomic E-state index is 14.8. The first-order valence-corrected chi connectivity index (χ1v) is 12.0. The first-order valence-electron chi connectivity index (χ1n) is 11.1. The molecule has 190 valence electrons. The molecule has 0 atom stereocenters. The van der Waals surface area contributed by atoms with Gasteiger partial charge in [0.1, 0.15) is 17.3 Å². The van der Waals surface area contributed by atoms with Crippen LogP contribution in [0.2, 0.25) is 0 Å². The number of aromatic nitrogens is 2. The lowest BCUT2D eigenvalue weighted by Gasteiger charge is -2.10. The molecular formula is C26H22F2N4O4S. The van der Waals surface area contributed by atoms with Gasteiger partial charge in [0, 0.05) is 41.9 Å². The number of carbonyl (C=O) groups excluding carboxylic acids is 2. The van der Waals surface area contributed by atoms with E-state index in [0.29, 0.717) is 5.56 Å². The molecule has 2 amide bonds. The van der Waals surface area contributed by atoms with E-state index in [1.165, 1.54) is 73.5 Å². The fraction of sp³-hybridized carbons (Fsp3) is 0.154. The van der Waals surface area contributed by atoms with Gasteiger partial charge in [-0.1, -0.05) is 25.6 Å². The monoisotopic (exact) mass is 524 g/mol. The van der Waals surface area contributed by atoms with Gasteiger partial charge in [0.2, 0.25) is 0 Å². The summed E-state index contributed by atoms with van der Waals surface area (Å²) in [6.07, 6.45) is 1.37. The number of anilines is 1. The van der Waals surface area contributed by atoms with Crippen LogP contribution < -0.4 is 15.4 Å². The van der Waals surface area contributed by atoms with E-state index in [-0.39, 0.29) is 44.8 Å². The standard InChI is InChI=1S/C26H22F2N4O4S/c1-14(2)37-26-32-22(23(36-26)15-4-6-16(27)7-5-15)25(34)31-17-8-9-21(19(28)12-17)35-18-10-11-30-20(13-18)24(33)29-3/h4-14H,1-3H3,(H,29,33)(H,31,34). The third-order valence-corrected chi connectivity index (χ3v) is 5.72. The highest BCUT2D eigenvalue weighted by Crippen LogP contribution is 2.32. The Balaban J connectivity index is 1.55. The van der Waals surface area contributed by atoms with Crippen LogP contribution >= 0.6 is 11.8 Å². The summed E-state index contributed by atoms with van der Waals surface area (Å²) in [4.78, 5) is 33.1. The van der Waals surface area contributed by atoms with Crippen LogP contribution in [0.15, 0.2) is 70.4 Å². The molecule has 37 heavy (non-hydrogen) atoms. The van der Waals surface area contributed by atoms with Gasteiger partial charge in [-0.2, -0.15) is 4.98 Å². The van der Waals surface area contributed by atoms with Gasteiger partial charge in [0.25, 0.3) is 17.0 Å². The number of benzene rings is 2. The Morgan fingerprint density at radius 2 is 1.78 bits per heavy atom. The average Bonchev–Trinajstić information content (AvgIpc) is 3.29. The topological polar surface area (TPSA) is 106 Å². The largest absolute Gasteiger partial charge is 0.454 e. The number of thioether (sulfide) groups is 1. The van der Waals surface area contributed by atoms with Crippen molar-refractivity contribution in [1.82, 2.24) is 15.3 Å². The van der Waals surface area contributed by atoms with E-state index in [1.807, 2.05) is 13.8 Å². The number of rotatable bonds is 8. The van der Waals surface area contributed by atoms with Crippen LogP contribution in [0.5, 0.6) is 11.5 Å². The number of hydrogen-bond acceptors (Lipinski definition) is 7. The number of carbonyl (C=O) groups is 2. The molecule has 0 aliphatic heterocycles. The highest BCUT2D eigenvalue weighted by Gasteiger charge is 2.23. The van der Waals surface area contributed by atoms with Gasteiger partial charge in [-0.3, -0.25) is 14.6 Å². The fourth-order valence-electron chi connectivity index (χ4n) is 3.21. The number of halogens is 2. The summed E-state index contributed by atoms with van der Waals surface area (Å²) in [6, 6.07) is 12.2. The molecule has 0 bridgehead atoms. The highest BCUT2D eigenvalue weighted by molar-refractivity contribution is 7.99. The molecule has 0 aliphatic carbocycles. The molecular weight excluding hydrogens is 502 g/mol. The lowest BCUT2D eigenvalue weighted by molar-refractivity contribution is 0.0957. The van der Waals surface area contributed by atoms with Crippen LogP contribution in [0.3, 0.4) is 0 Å². The maximum Gasteiger partial charge on any atom is 0.278 e. The van der Waals surface area contributed by atoms with Crippen molar-refractivity contribution >= 4 is 29.3 Å². The van der Waals surface area contributed by atoms with E-state index in [2.05, 4.69) is 20.6 Å². The Labute approximate surface area is 215 Å². The summed E-state index contributed by atoms with van der Waals surface area (Å²) in [5, 5.41) is 5.48. The van der Waals surface area contributed by atoms with Gasteiger partial charge in [0.15, 0.2) is 23.0 Å². The number of nitrogens with one attached hydrogen (secondary N) is 2. The highest BCUT2D eigenvalue weighted by atomic mass is 32.2. The normalized spacial score (nSPS) is 10.9. The summed E-state index contributed by atoms with van der Waals surface area (Å²) >= 11 is 1.33. The predicted molar refractivity (Wildman–Crippen MR) is 135 cm³/mol. The summed E-state index contributed by atoms with van der Waals surface area (Å²) in [6.45, 7) is 3.90. The second-order valence-corrected chi connectivity index (χ2v) is 9.52. The third-order valence-electron chi connectivity index (χ3n) is 4.87. The summed E-state index contributed by atoms with van der Waals surface area (Å²) in [5.74, 6) is -1.94. The number of oxazole rings is 1. The van der Waals surface area contributed by atoms with Crippen LogP contribution in [0.1, 0.15) is 34.8 Å². The lowest BCUT2D eigenvalue weighted by Crippen LogP contribution is -2.18. The van der Waals surface area contributed by atoms with Gasteiger partial charge < -0.3 is 19.8 Å². The zero-order valence-electron chi connectivity index (χ0n) is 20.0. The van der Waals surface area contributed by atoms with Crippen molar-refractivity contribution in [2.24, 2.45) is 0 Å². The van der Waals surface area contributed by atoms with Crippen molar-refractivity contribution in [3.05, 3.63) is 83.8 Å². The molecule has 0 fully saturated rings. The van der Waals surface area contributed by atoms with Crippen LogP contribution in [-0.4, -0.2) is 34.1 Å². The van der Waals surface area contributed by atoms with E-state index in [4.69, 9.17) is 9.15 Å². The Bertz CT molecular complexity index is 1440. The maximum absolute atomic E-state index is 14.8. The van der Waals surface area contributed by atoms with Crippen LogP contribution in [0.4, 0.5) is 14.5 Å². The van der Waals surface area contributed by atoms with Crippen LogP contribution in [0, 0.1) is 11.6 Å². The van der Waals surface area contributed by atoms with Crippen LogP contribution in [0.25, 0.3) is 11.3 Å². The predicted octanol–water partition coefficient (Wildman–Crippen LogP) is 5.92. The molecule has 2 heterocycles. The van der Waals surface area contributed by atoms with Crippen molar-refractivity contribution in [3.63, 3.8) is 0 Å². The number of hydrogen-bond donors (Lipinski definition) is 2. The molecule has 2 N–H and O–H groups in total. The number of nitrogens with zero attached hydrogens (tertiary/aromatic N) is 2. The molecule has 0 spiro atoms. The minimum atomic E-state index is -0.744. The number of ether oxygens (including phenoxy) is 1. The smallest absolute Gasteiger partial charge is 0.278 e. The van der Waals surface area contributed by atoms with Crippen molar-refractivity contribution in [2.75, 3.05) is 12.4 Å². The van der Waals surface area contributed by atoms with Gasteiger partial charge in [-0.05, 0) is 42.5 Å². The quantitative estimate of drug-likeness (QED) is 0.276.